The number of esters is 1. The van der Waals surface area contributed by atoms with Crippen molar-refractivity contribution in [1.82, 2.24) is 10.2 Å². The predicted molar refractivity (Wildman–Crippen MR) is 55.1 cm³/mol. The standard InChI is InChI=1S/C10H20N2O2/c1-4-12(9-6-11-7-9)8(3)10(13)14-5-2/h8-9,11H,4-7H2,1-3H3. The second-order valence-electron chi connectivity index (χ2n) is 3.57. The fourth-order valence-corrected chi connectivity index (χ4v) is 1.75. The molecule has 1 atom stereocenters. The Hall–Kier alpha value is -0.610. The molecule has 0 aromatic rings. The maximum absolute atomic E-state index is 11.5. The van der Waals surface area contributed by atoms with E-state index in [1.807, 2.05) is 13.8 Å². The molecule has 1 N–H and O–H groups in total. The lowest BCUT2D eigenvalue weighted by Crippen LogP contribution is -2.60. The summed E-state index contributed by atoms with van der Waals surface area (Å²) in [6.07, 6.45) is 0. The molecule has 14 heavy (non-hydrogen) atoms. The molecule has 1 fully saturated rings. The summed E-state index contributed by atoms with van der Waals surface area (Å²) in [6.45, 7) is 9.16. The highest BCUT2D eigenvalue weighted by Gasteiger charge is 2.30. The Morgan fingerprint density at radius 1 is 1.57 bits per heavy atom. The number of carbonyl (C=O) groups is 1. The van der Waals surface area contributed by atoms with Gasteiger partial charge in [0, 0.05) is 19.1 Å². The van der Waals surface area contributed by atoms with Crippen LogP contribution in [0, 0.1) is 0 Å². The van der Waals surface area contributed by atoms with Gasteiger partial charge < -0.3 is 10.1 Å². The van der Waals surface area contributed by atoms with Gasteiger partial charge in [0.05, 0.1) is 6.61 Å². The number of hydrogen-bond acceptors (Lipinski definition) is 4. The van der Waals surface area contributed by atoms with Crippen molar-refractivity contribution >= 4 is 5.97 Å². The lowest BCUT2D eigenvalue weighted by atomic mass is 10.1. The fraction of sp³-hybridized carbons (Fsp3) is 0.900. The summed E-state index contributed by atoms with van der Waals surface area (Å²) in [5.41, 5.74) is 0. The Labute approximate surface area is 85.6 Å². The minimum absolute atomic E-state index is 0.110. The van der Waals surface area contributed by atoms with Crippen molar-refractivity contribution in [2.45, 2.75) is 32.9 Å². The van der Waals surface area contributed by atoms with Gasteiger partial charge in [0.25, 0.3) is 0 Å². The smallest absolute Gasteiger partial charge is 0.323 e. The molecule has 1 aliphatic rings. The first-order valence-corrected chi connectivity index (χ1v) is 5.33. The first kappa shape index (κ1) is 11.5. The summed E-state index contributed by atoms with van der Waals surface area (Å²) >= 11 is 0. The van der Waals surface area contributed by atoms with Gasteiger partial charge in [-0.2, -0.15) is 0 Å². The molecule has 1 rings (SSSR count). The predicted octanol–water partition coefficient (Wildman–Crippen LogP) is 0.232. The summed E-state index contributed by atoms with van der Waals surface area (Å²) in [5, 5.41) is 3.21. The molecule has 0 spiro atoms. The Kier molecular flexibility index (Phi) is 4.35. The summed E-state index contributed by atoms with van der Waals surface area (Å²) in [4.78, 5) is 13.7. The topological polar surface area (TPSA) is 41.6 Å². The molecule has 4 heteroatoms. The number of ether oxygens (including phenoxy) is 1. The van der Waals surface area contributed by atoms with Crippen molar-refractivity contribution in [3.8, 4) is 0 Å². The normalized spacial score (nSPS) is 19.1. The molecule has 0 aliphatic carbocycles. The Morgan fingerprint density at radius 3 is 2.57 bits per heavy atom. The Bertz CT molecular complexity index is 193. The van der Waals surface area contributed by atoms with Crippen LogP contribution in [0.5, 0.6) is 0 Å². The second kappa shape index (κ2) is 5.32. The van der Waals surface area contributed by atoms with Crippen molar-refractivity contribution < 1.29 is 9.53 Å². The van der Waals surface area contributed by atoms with Gasteiger partial charge in [-0.1, -0.05) is 6.92 Å². The number of nitrogens with one attached hydrogen (secondary N) is 1. The van der Waals surface area contributed by atoms with Gasteiger partial charge in [-0.15, -0.1) is 0 Å². The van der Waals surface area contributed by atoms with E-state index >= 15 is 0 Å². The molecule has 0 bridgehead atoms. The number of carbonyl (C=O) groups excluding carboxylic acids is 1. The van der Waals surface area contributed by atoms with E-state index in [2.05, 4.69) is 17.1 Å². The number of rotatable bonds is 5. The van der Waals surface area contributed by atoms with Gasteiger partial charge in [-0.3, -0.25) is 9.69 Å². The zero-order chi connectivity index (χ0) is 10.6. The molecule has 0 aromatic heterocycles. The summed E-state index contributed by atoms with van der Waals surface area (Å²) < 4.78 is 5.00. The highest BCUT2D eigenvalue weighted by Crippen LogP contribution is 2.10. The minimum Gasteiger partial charge on any atom is -0.465 e. The van der Waals surface area contributed by atoms with Gasteiger partial charge in [-0.05, 0) is 20.4 Å². The molecule has 1 unspecified atom stereocenters. The fourth-order valence-electron chi connectivity index (χ4n) is 1.75. The maximum atomic E-state index is 11.5. The second-order valence-corrected chi connectivity index (χ2v) is 3.57. The van der Waals surface area contributed by atoms with Gasteiger partial charge in [0.15, 0.2) is 0 Å². The van der Waals surface area contributed by atoms with Crippen LogP contribution < -0.4 is 5.32 Å². The molecule has 82 valence electrons. The zero-order valence-corrected chi connectivity index (χ0v) is 9.25. The molecule has 0 amide bonds. The third-order valence-corrected chi connectivity index (χ3v) is 2.72. The summed E-state index contributed by atoms with van der Waals surface area (Å²) in [5.74, 6) is -0.110. The molecule has 0 aromatic carbocycles. The molecular weight excluding hydrogens is 180 g/mol. The molecule has 4 nitrogen and oxygen atoms in total. The molecular formula is C10H20N2O2. The first-order valence-electron chi connectivity index (χ1n) is 5.33. The highest BCUT2D eigenvalue weighted by atomic mass is 16.5. The third kappa shape index (κ3) is 2.45. The Balaban J connectivity index is 2.45. The zero-order valence-electron chi connectivity index (χ0n) is 9.25. The van der Waals surface area contributed by atoms with E-state index in [0.29, 0.717) is 12.6 Å². The van der Waals surface area contributed by atoms with Gasteiger partial charge in [-0.25, -0.2) is 0 Å². The average molecular weight is 200 g/mol. The van der Waals surface area contributed by atoms with Crippen molar-refractivity contribution in [2.24, 2.45) is 0 Å². The van der Waals surface area contributed by atoms with Crippen molar-refractivity contribution in [3.05, 3.63) is 0 Å². The van der Waals surface area contributed by atoms with Crippen molar-refractivity contribution in [2.75, 3.05) is 26.2 Å². The van der Waals surface area contributed by atoms with Crippen molar-refractivity contribution in [3.63, 3.8) is 0 Å². The summed E-state index contributed by atoms with van der Waals surface area (Å²) in [6, 6.07) is 0.381. The largest absolute Gasteiger partial charge is 0.465 e. The van der Waals surface area contributed by atoms with Gasteiger partial charge in [0.1, 0.15) is 6.04 Å². The minimum atomic E-state index is -0.118. The Morgan fingerprint density at radius 2 is 2.21 bits per heavy atom. The van der Waals surface area contributed by atoms with E-state index < -0.39 is 0 Å². The SMILES string of the molecule is CCOC(=O)C(C)N(CC)C1CNC1. The van der Waals surface area contributed by atoms with Crippen LogP contribution in [0.4, 0.5) is 0 Å². The van der Waals surface area contributed by atoms with Crippen LogP contribution in [-0.4, -0.2) is 49.2 Å². The van der Waals surface area contributed by atoms with Crippen LogP contribution in [0.1, 0.15) is 20.8 Å². The van der Waals surface area contributed by atoms with Gasteiger partial charge >= 0.3 is 5.97 Å². The van der Waals surface area contributed by atoms with Crippen LogP contribution in [0.2, 0.25) is 0 Å². The first-order chi connectivity index (χ1) is 6.70. The number of nitrogens with zero attached hydrogens (tertiary/aromatic N) is 1. The van der Waals surface area contributed by atoms with Gasteiger partial charge in [0.2, 0.25) is 0 Å². The molecule has 0 saturated carbocycles. The van der Waals surface area contributed by atoms with Crippen LogP contribution in [-0.2, 0) is 9.53 Å². The van der Waals surface area contributed by atoms with E-state index in [4.69, 9.17) is 4.74 Å². The number of hydrogen-bond donors (Lipinski definition) is 1. The van der Waals surface area contributed by atoms with Crippen LogP contribution in [0.15, 0.2) is 0 Å². The highest BCUT2D eigenvalue weighted by molar-refractivity contribution is 5.75. The summed E-state index contributed by atoms with van der Waals surface area (Å²) in [7, 11) is 0. The quantitative estimate of drug-likeness (QED) is 0.645. The monoisotopic (exact) mass is 200 g/mol. The van der Waals surface area contributed by atoms with E-state index in [1.54, 1.807) is 0 Å². The average Bonchev–Trinajstić information content (AvgIpc) is 2.10. The third-order valence-electron chi connectivity index (χ3n) is 2.72. The van der Waals surface area contributed by atoms with E-state index in [9.17, 15) is 4.79 Å². The van der Waals surface area contributed by atoms with Crippen LogP contribution in [0.3, 0.4) is 0 Å². The van der Waals surface area contributed by atoms with Crippen LogP contribution >= 0.6 is 0 Å². The van der Waals surface area contributed by atoms with Crippen LogP contribution in [0.25, 0.3) is 0 Å². The van der Waals surface area contributed by atoms with E-state index in [0.717, 1.165) is 19.6 Å². The number of likely N-dealkylation sites (N-methyl/N-ethyl adjacent to an activating group) is 1. The molecule has 1 saturated heterocycles. The molecule has 1 aliphatic heterocycles. The molecule has 0 radical (unpaired) electrons. The lowest BCUT2D eigenvalue weighted by Gasteiger charge is -2.40. The lowest BCUT2D eigenvalue weighted by molar-refractivity contribution is -0.150. The molecule has 1 heterocycles. The maximum Gasteiger partial charge on any atom is 0.323 e. The van der Waals surface area contributed by atoms with E-state index in [1.165, 1.54) is 0 Å². The van der Waals surface area contributed by atoms with E-state index in [-0.39, 0.29) is 12.0 Å². The van der Waals surface area contributed by atoms with Crippen molar-refractivity contribution in [1.29, 1.82) is 0 Å².